The minimum atomic E-state index is -0.146. The molecule has 0 spiro atoms. The van der Waals surface area contributed by atoms with Crippen molar-refractivity contribution in [1.29, 1.82) is 0 Å². The zero-order chi connectivity index (χ0) is 18.4. The Labute approximate surface area is 157 Å². The molecule has 0 saturated carbocycles. The van der Waals surface area contributed by atoms with Crippen LogP contribution in [0.2, 0.25) is 5.02 Å². The number of anilines is 2. The number of hydrogen-bond acceptors (Lipinski definition) is 6. The molecule has 2 aromatic heterocycles. The normalized spacial score (nSPS) is 11.8. The van der Waals surface area contributed by atoms with Gasteiger partial charge in [0.2, 0.25) is 5.95 Å². The van der Waals surface area contributed by atoms with Crippen LogP contribution in [0.15, 0.2) is 54.9 Å². The quantitative estimate of drug-likeness (QED) is 0.590. The molecule has 3 rings (SSSR count). The van der Waals surface area contributed by atoms with E-state index in [1.807, 2.05) is 49.4 Å². The van der Waals surface area contributed by atoms with Crippen LogP contribution in [0.1, 0.15) is 12.5 Å². The molecule has 3 aromatic rings. The van der Waals surface area contributed by atoms with Gasteiger partial charge in [-0.05, 0) is 36.8 Å². The van der Waals surface area contributed by atoms with Gasteiger partial charge in [0.25, 0.3) is 0 Å². The van der Waals surface area contributed by atoms with Gasteiger partial charge >= 0.3 is 0 Å². The number of aliphatic hydroxyl groups is 1. The molecular weight excluding hydrogens is 350 g/mol. The molecule has 7 heteroatoms. The molecule has 0 fully saturated rings. The fourth-order valence-electron chi connectivity index (χ4n) is 2.33. The van der Waals surface area contributed by atoms with Gasteiger partial charge in [0.15, 0.2) is 0 Å². The second-order valence-electron chi connectivity index (χ2n) is 5.91. The molecule has 1 atom stereocenters. The summed E-state index contributed by atoms with van der Waals surface area (Å²) in [4.78, 5) is 13.1. The van der Waals surface area contributed by atoms with Crippen LogP contribution in [0.4, 0.5) is 11.8 Å². The lowest BCUT2D eigenvalue weighted by molar-refractivity contribution is 0.281. The SMILES string of the molecule is C[C@H](CO)Nc1nc(NCc2ccc(Cl)cc2)cc(-c2ccncc2)n1. The Kier molecular flexibility index (Phi) is 5.99. The van der Waals surface area contributed by atoms with Crippen molar-refractivity contribution in [1.82, 2.24) is 15.0 Å². The number of pyridine rings is 1. The molecular formula is C19H20ClN5O. The Balaban J connectivity index is 1.85. The van der Waals surface area contributed by atoms with Gasteiger partial charge in [-0.1, -0.05) is 23.7 Å². The third-order valence-electron chi connectivity index (χ3n) is 3.74. The first-order chi connectivity index (χ1) is 12.6. The van der Waals surface area contributed by atoms with Crippen molar-refractivity contribution in [3.63, 3.8) is 0 Å². The highest BCUT2D eigenvalue weighted by molar-refractivity contribution is 6.30. The molecule has 6 nitrogen and oxygen atoms in total. The maximum Gasteiger partial charge on any atom is 0.225 e. The van der Waals surface area contributed by atoms with Gasteiger partial charge in [-0.15, -0.1) is 0 Å². The molecule has 0 saturated heterocycles. The maximum atomic E-state index is 9.27. The third kappa shape index (κ3) is 4.91. The topological polar surface area (TPSA) is 83.0 Å². The number of nitrogens with zero attached hydrogens (tertiary/aromatic N) is 3. The molecule has 0 radical (unpaired) electrons. The number of aliphatic hydroxyl groups excluding tert-OH is 1. The van der Waals surface area contributed by atoms with Crippen LogP contribution < -0.4 is 10.6 Å². The fourth-order valence-corrected chi connectivity index (χ4v) is 2.46. The summed E-state index contributed by atoms with van der Waals surface area (Å²) in [5, 5.41) is 16.4. The summed E-state index contributed by atoms with van der Waals surface area (Å²) < 4.78 is 0. The fraction of sp³-hybridized carbons (Fsp3) is 0.211. The molecule has 0 aliphatic carbocycles. The molecule has 0 aliphatic heterocycles. The van der Waals surface area contributed by atoms with Gasteiger partial charge in [-0.3, -0.25) is 4.98 Å². The minimum Gasteiger partial charge on any atom is -0.394 e. The van der Waals surface area contributed by atoms with E-state index in [-0.39, 0.29) is 12.6 Å². The largest absolute Gasteiger partial charge is 0.394 e. The highest BCUT2D eigenvalue weighted by Gasteiger charge is 2.09. The van der Waals surface area contributed by atoms with Gasteiger partial charge in [-0.2, -0.15) is 4.98 Å². The molecule has 0 unspecified atom stereocenters. The number of hydrogen-bond donors (Lipinski definition) is 3. The van der Waals surface area contributed by atoms with E-state index in [0.717, 1.165) is 16.8 Å². The average molecular weight is 370 g/mol. The Bertz CT molecular complexity index is 842. The summed E-state index contributed by atoms with van der Waals surface area (Å²) in [7, 11) is 0. The van der Waals surface area contributed by atoms with E-state index in [4.69, 9.17) is 11.6 Å². The molecule has 1 aromatic carbocycles. The van der Waals surface area contributed by atoms with Crippen LogP contribution in [0, 0.1) is 0 Å². The first kappa shape index (κ1) is 18.1. The number of benzene rings is 1. The number of aromatic nitrogens is 3. The zero-order valence-corrected chi connectivity index (χ0v) is 15.1. The maximum absolute atomic E-state index is 9.27. The summed E-state index contributed by atoms with van der Waals surface area (Å²) in [6.45, 7) is 2.47. The van der Waals surface area contributed by atoms with Crippen molar-refractivity contribution in [3.05, 3.63) is 65.4 Å². The first-order valence-electron chi connectivity index (χ1n) is 8.29. The van der Waals surface area contributed by atoms with E-state index in [1.54, 1.807) is 12.4 Å². The van der Waals surface area contributed by atoms with E-state index < -0.39 is 0 Å². The predicted octanol–water partition coefficient (Wildman–Crippen LogP) is 3.60. The van der Waals surface area contributed by atoms with E-state index >= 15 is 0 Å². The second kappa shape index (κ2) is 8.60. The van der Waals surface area contributed by atoms with Crippen LogP contribution >= 0.6 is 11.6 Å². The Hall–Kier alpha value is -2.70. The van der Waals surface area contributed by atoms with Gasteiger partial charge in [0, 0.05) is 41.6 Å². The third-order valence-corrected chi connectivity index (χ3v) is 3.99. The molecule has 2 heterocycles. The van der Waals surface area contributed by atoms with Gasteiger partial charge in [0.1, 0.15) is 5.82 Å². The lowest BCUT2D eigenvalue weighted by Gasteiger charge is -2.14. The first-order valence-corrected chi connectivity index (χ1v) is 8.67. The molecule has 0 aliphatic rings. The monoisotopic (exact) mass is 369 g/mol. The number of halogens is 1. The Morgan fingerprint density at radius 1 is 1.08 bits per heavy atom. The average Bonchev–Trinajstić information content (AvgIpc) is 2.68. The van der Waals surface area contributed by atoms with Crippen LogP contribution in [0.3, 0.4) is 0 Å². The van der Waals surface area contributed by atoms with E-state index in [2.05, 4.69) is 25.6 Å². The van der Waals surface area contributed by atoms with Crippen molar-refractivity contribution < 1.29 is 5.11 Å². The predicted molar refractivity (Wildman–Crippen MR) is 104 cm³/mol. The van der Waals surface area contributed by atoms with Crippen LogP contribution in [0.5, 0.6) is 0 Å². The molecule has 26 heavy (non-hydrogen) atoms. The Morgan fingerprint density at radius 2 is 1.81 bits per heavy atom. The van der Waals surface area contributed by atoms with E-state index in [9.17, 15) is 5.11 Å². The van der Waals surface area contributed by atoms with Gasteiger partial charge in [0.05, 0.1) is 12.3 Å². The van der Waals surface area contributed by atoms with Gasteiger partial charge in [-0.25, -0.2) is 4.98 Å². The van der Waals surface area contributed by atoms with Crippen molar-refractivity contribution in [2.75, 3.05) is 17.2 Å². The summed E-state index contributed by atoms with van der Waals surface area (Å²) in [5.74, 6) is 1.15. The summed E-state index contributed by atoms with van der Waals surface area (Å²) >= 11 is 5.93. The number of nitrogens with one attached hydrogen (secondary N) is 2. The molecule has 3 N–H and O–H groups in total. The smallest absolute Gasteiger partial charge is 0.225 e. The molecule has 134 valence electrons. The lowest BCUT2D eigenvalue weighted by atomic mass is 10.2. The highest BCUT2D eigenvalue weighted by atomic mass is 35.5. The van der Waals surface area contributed by atoms with Crippen molar-refractivity contribution in [2.45, 2.75) is 19.5 Å². The van der Waals surface area contributed by atoms with Crippen LogP contribution in [-0.4, -0.2) is 32.7 Å². The van der Waals surface area contributed by atoms with Crippen LogP contribution in [0.25, 0.3) is 11.3 Å². The summed E-state index contributed by atoms with van der Waals surface area (Å²) in [5.41, 5.74) is 2.81. The highest BCUT2D eigenvalue weighted by Crippen LogP contribution is 2.21. The second-order valence-corrected chi connectivity index (χ2v) is 6.34. The van der Waals surface area contributed by atoms with Crippen LogP contribution in [-0.2, 0) is 6.54 Å². The number of rotatable bonds is 7. The molecule has 0 bridgehead atoms. The van der Waals surface area contributed by atoms with Crippen molar-refractivity contribution in [2.24, 2.45) is 0 Å². The minimum absolute atomic E-state index is 0.00359. The summed E-state index contributed by atoms with van der Waals surface area (Å²) in [6.07, 6.45) is 3.45. The van der Waals surface area contributed by atoms with Crippen molar-refractivity contribution in [3.8, 4) is 11.3 Å². The molecule has 0 amide bonds. The van der Waals surface area contributed by atoms with Crippen molar-refractivity contribution >= 4 is 23.4 Å². The zero-order valence-electron chi connectivity index (χ0n) is 14.4. The van der Waals surface area contributed by atoms with Gasteiger partial charge < -0.3 is 15.7 Å². The standard InChI is InChI=1S/C19H20ClN5O/c1-13(12-26)23-19-24-17(15-6-8-21-9-7-15)10-18(25-19)22-11-14-2-4-16(20)5-3-14/h2-10,13,26H,11-12H2,1H3,(H2,22,23,24,25)/t13-/m1/s1. The van der Waals surface area contributed by atoms with E-state index in [0.29, 0.717) is 23.3 Å². The van der Waals surface area contributed by atoms with E-state index in [1.165, 1.54) is 0 Å². The lowest BCUT2D eigenvalue weighted by Crippen LogP contribution is -2.21. The summed E-state index contributed by atoms with van der Waals surface area (Å²) in [6, 6.07) is 13.2. The Morgan fingerprint density at radius 3 is 2.50 bits per heavy atom.